The zero-order valence-electron chi connectivity index (χ0n) is 5.56. The molecule has 1 fully saturated rings. The van der Waals surface area contributed by atoms with Gasteiger partial charge in [-0.15, -0.1) is 9.24 Å². The first-order valence-corrected chi connectivity index (χ1v) is 4.23. The molecule has 0 saturated heterocycles. The van der Waals surface area contributed by atoms with E-state index in [0.717, 1.165) is 11.6 Å². The van der Waals surface area contributed by atoms with Gasteiger partial charge >= 0.3 is 0 Å². The Morgan fingerprint density at radius 3 is 2.12 bits per heavy atom. The van der Waals surface area contributed by atoms with Crippen LogP contribution in [0, 0.1) is 5.92 Å². The quantitative estimate of drug-likeness (QED) is 0.478. The number of hydrogen-bond acceptors (Lipinski definition) is 0. The highest BCUT2D eigenvalue weighted by Gasteiger charge is 2.17. The van der Waals surface area contributed by atoms with E-state index in [9.17, 15) is 0 Å². The van der Waals surface area contributed by atoms with E-state index in [2.05, 4.69) is 16.2 Å². The maximum Gasteiger partial charge on any atom is -0.0264 e. The van der Waals surface area contributed by atoms with Gasteiger partial charge in [-0.05, 0) is 24.4 Å². The lowest BCUT2D eigenvalue weighted by Crippen LogP contribution is -2.04. The number of hydrogen-bond donors (Lipinski definition) is 0. The molecule has 0 aliphatic heterocycles. The smallest absolute Gasteiger partial charge is 0.0264 e. The van der Waals surface area contributed by atoms with E-state index in [1.54, 1.807) is 0 Å². The highest BCUT2D eigenvalue weighted by atomic mass is 31.0. The third-order valence-electron chi connectivity index (χ3n) is 2.14. The fourth-order valence-corrected chi connectivity index (χ4v) is 1.87. The summed E-state index contributed by atoms with van der Waals surface area (Å²) in [6, 6.07) is 0. The zero-order chi connectivity index (χ0) is 5.98. The molecule has 0 spiro atoms. The molecule has 2 atom stereocenters. The van der Waals surface area contributed by atoms with Crippen molar-refractivity contribution in [2.75, 3.05) is 0 Å². The Morgan fingerprint density at radius 2 is 1.88 bits per heavy atom. The van der Waals surface area contributed by atoms with Crippen molar-refractivity contribution in [2.45, 2.75) is 38.3 Å². The predicted octanol–water partition coefficient (Wildman–Crippen LogP) is 2.44. The molecule has 0 heterocycles. The lowest BCUT2D eigenvalue weighted by molar-refractivity contribution is 0.544. The summed E-state index contributed by atoms with van der Waals surface area (Å²) in [5.41, 5.74) is 0.859. The van der Waals surface area contributed by atoms with Gasteiger partial charge < -0.3 is 0 Å². The second kappa shape index (κ2) is 2.82. The topological polar surface area (TPSA) is 0 Å². The van der Waals surface area contributed by atoms with Gasteiger partial charge in [-0.3, -0.25) is 0 Å². The van der Waals surface area contributed by atoms with Crippen molar-refractivity contribution in [3.8, 4) is 0 Å². The lowest BCUT2D eigenvalue weighted by Gasteiger charge is -2.11. The average Bonchev–Trinajstić information content (AvgIpc) is 2.12. The summed E-state index contributed by atoms with van der Waals surface area (Å²) in [5, 5.41) is 0. The minimum atomic E-state index is 0.859. The molecule has 1 saturated carbocycles. The van der Waals surface area contributed by atoms with Crippen LogP contribution in [0.25, 0.3) is 0 Å². The molecule has 0 bridgehead atoms. The van der Waals surface area contributed by atoms with Crippen molar-refractivity contribution in [2.24, 2.45) is 5.92 Å². The van der Waals surface area contributed by atoms with Crippen molar-refractivity contribution in [1.29, 1.82) is 0 Å². The first kappa shape index (κ1) is 6.55. The van der Waals surface area contributed by atoms with E-state index in [0.29, 0.717) is 0 Å². The van der Waals surface area contributed by atoms with Crippen LogP contribution in [0.15, 0.2) is 0 Å². The fraction of sp³-hybridized carbons (Fsp3) is 1.00. The summed E-state index contributed by atoms with van der Waals surface area (Å²) in [7, 11) is 2.90. The van der Waals surface area contributed by atoms with E-state index >= 15 is 0 Å². The zero-order valence-corrected chi connectivity index (χ0v) is 6.72. The molecule has 0 aromatic heterocycles. The van der Waals surface area contributed by atoms with Crippen molar-refractivity contribution >= 4 is 9.24 Å². The van der Waals surface area contributed by atoms with Gasteiger partial charge in [-0.2, -0.15) is 0 Å². The second-order valence-electron chi connectivity index (χ2n) is 2.90. The van der Waals surface area contributed by atoms with Crippen LogP contribution in [0.4, 0.5) is 0 Å². The van der Waals surface area contributed by atoms with Crippen LogP contribution in [-0.4, -0.2) is 5.66 Å². The van der Waals surface area contributed by atoms with Crippen LogP contribution in [-0.2, 0) is 0 Å². The molecular formula is C7H15P. The maximum atomic E-state index is 2.90. The molecule has 0 aromatic carbocycles. The molecule has 0 N–H and O–H groups in total. The van der Waals surface area contributed by atoms with Gasteiger partial charge in [-0.1, -0.05) is 19.8 Å². The Kier molecular flexibility index (Phi) is 2.31. The van der Waals surface area contributed by atoms with Crippen LogP contribution < -0.4 is 0 Å². The lowest BCUT2D eigenvalue weighted by atomic mass is 10.1. The normalized spacial score (nSPS) is 26.2. The van der Waals surface area contributed by atoms with Gasteiger partial charge in [0.1, 0.15) is 0 Å². The summed E-state index contributed by atoms with van der Waals surface area (Å²) in [6.07, 6.45) is 5.90. The fourth-order valence-electron chi connectivity index (χ4n) is 1.48. The average molecular weight is 130 g/mol. The summed E-state index contributed by atoms with van der Waals surface area (Å²) in [6.45, 7) is 2.31. The van der Waals surface area contributed by atoms with Crippen LogP contribution in [0.1, 0.15) is 32.6 Å². The van der Waals surface area contributed by atoms with Gasteiger partial charge in [0.25, 0.3) is 0 Å². The highest BCUT2D eigenvalue weighted by Crippen LogP contribution is 2.30. The van der Waals surface area contributed by atoms with Crippen LogP contribution >= 0.6 is 9.24 Å². The van der Waals surface area contributed by atoms with E-state index in [4.69, 9.17) is 0 Å². The van der Waals surface area contributed by atoms with Gasteiger partial charge in [0.05, 0.1) is 0 Å². The molecular weight excluding hydrogens is 115 g/mol. The van der Waals surface area contributed by atoms with E-state index in [-0.39, 0.29) is 0 Å². The van der Waals surface area contributed by atoms with Crippen molar-refractivity contribution < 1.29 is 0 Å². The molecule has 0 nitrogen and oxygen atoms in total. The molecule has 1 aliphatic carbocycles. The van der Waals surface area contributed by atoms with Crippen molar-refractivity contribution in [3.63, 3.8) is 0 Å². The van der Waals surface area contributed by atoms with Gasteiger partial charge in [0.2, 0.25) is 0 Å². The summed E-state index contributed by atoms with van der Waals surface area (Å²) < 4.78 is 0. The first-order valence-electron chi connectivity index (χ1n) is 3.56. The Morgan fingerprint density at radius 1 is 1.38 bits per heavy atom. The Hall–Kier alpha value is 0.430. The third-order valence-corrected chi connectivity index (χ3v) is 2.69. The Bertz CT molecular complexity index is 62.8. The number of rotatable bonds is 1. The van der Waals surface area contributed by atoms with Gasteiger partial charge in [0, 0.05) is 0 Å². The molecule has 0 radical (unpaired) electrons. The van der Waals surface area contributed by atoms with Gasteiger partial charge in [-0.25, -0.2) is 0 Å². The summed E-state index contributed by atoms with van der Waals surface area (Å²) >= 11 is 0. The molecule has 0 aromatic rings. The monoisotopic (exact) mass is 130 g/mol. The van der Waals surface area contributed by atoms with Gasteiger partial charge in [0.15, 0.2) is 0 Å². The second-order valence-corrected chi connectivity index (χ2v) is 3.96. The minimum Gasteiger partial charge on any atom is -0.134 e. The molecule has 1 aliphatic rings. The SMILES string of the molecule is C[C@@H](P)C1CCCC1. The third kappa shape index (κ3) is 1.45. The highest BCUT2D eigenvalue weighted by molar-refractivity contribution is 7.17. The standard InChI is InChI=1S/C7H15P/c1-6(8)7-4-2-3-5-7/h6-7H,2-5,8H2,1H3/t6-/m1/s1. The van der Waals surface area contributed by atoms with E-state index in [1.807, 2.05) is 0 Å². The molecule has 0 amide bonds. The Labute approximate surface area is 54.3 Å². The molecule has 1 unspecified atom stereocenters. The summed E-state index contributed by atoms with van der Waals surface area (Å²) in [4.78, 5) is 0. The minimum absolute atomic E-state index is 0.859. The largest absolute Gasteiger partial charge is 0.134 e. The first-order chi connectivity index (χ1) is 3.80. The maximum absolute atomic E-state index is 2.90. The van der Waals surface area contributed by atoms with Crippen LogP contribution in [0.2, 0.25) is 0 Å². The van der Waals surface area contributed by atoms with Crippen LogP contribution in [0.3, 0.4) is 0 Å². The molecule has 1 heteroatoms. The van der Waals surface area contributed by atoms with E-state index < -0.39 is 0 Å². The summed E-state index contributed by atoms with van der Waals surface area (Å²) in [5.74, 6) is 1.03. The molecule has 8 heavy (non-hydrogen) atoms. The van der Waals surface area contributed by atoms with Crippen molar-refractivity contribution in [1.82, 2.24) is 0 Å². The van der Waals surface area contributed by atoms with Crippen molar-refractivity contribution in [3.05, 3.63) is 0 Å². The Balaban J connectivity index is 2.24. The predicted molar refractivity (Wildman–Crippen MR) is 41.1 cm³/mol. The van der Waals surface area contributed by atoms with E-state index in [1.165, 1.54) is 25.7 Å². The molecule has 48 valence electrons. The molecule has 1 rings (SSSR count). The van der Waals surface area contributed by atoms with Crippen LogP contribution in [0.5, 0.6) is 0 Å².